The average molecular weight is 387 g/mol. The van der Waals surface area contributed by atoms with Crippen molar-refractivity contribution in [1.82, 2.24) is 25.8 Å². The normalized spacial score (nSPS) is 19.0. The molecule has 144 valence electrons. The maximum atomic E-state index is 12.2. The molecule has 8 heteroatoms. The second-order valence-electron chi connectivity index (χ2n) is 7.32. The Morgan fingerprint density at radius 3 is 2.44 bits per heavy atom. The molecule has 0 radical (unpaired) electrons. The van der Waals surface area contributed by atoms with Gasteiger partial charge in [-0.3, -0.25) is 4.98 Å². The zero-order chi connectivity index (χ0) is 18.5. The first-order valence-corrected chi connectivity index (χ1v) is 10.7. The Labute approximate surface area is 163 Å². The summed E-state index contributed by atoms with van der Waals surface area (Å²) in [7, 11) is 0. The van der Waals surface area contributed by atoms with E-state index in [9.17, 15) is 4.79 Å². The molecular formula is C19H26N6OS. The van der Waals surface area contributed by atoms with Gasteiger partial charge in [0.05, 0.1) is 0 Å². The van der Waals surface area contributed by atoms with E-state index in [0.29, 0.717) is 6.04 Å². The molecule has 0 atom stereocenters. The second kappa shape index (κ2) is 8.65. The summed E-state index contributed by atoms with van der Waals surface area (Å²) in [5, 5.41) is 16.7. The maximum absolute atomic E-state index is 12.2. The molecule has 1 saturated carbocycles. The standard InChI is InChI=1S/C19H26N6OS/c26-18(21-14-6-2-1-3-7-14)22-15-9-12-25(13-10-15)19-24-23-17(27-19)16-8-4-5-11-20-16/h4-5,8,11,14-15H,1-3,6-7,9-10,12-13H2,(H2,21,22,26). The van der Waals surface area contributed by atoms with Crippen molar-refractivity contribution < 1.29 is 4.79 Å². The van der Waals surface area contributed by atoms with E-state index < -0.39 is 0 Å². The quantitative estimate of drug-likeness (QED) is 0.843. The molecule has 2 N–H and O–H groups in total. The van der Waals surface area contributed by atoms with Gasteiger partial charge in [0.15, 0.2) is 5.01 Å². The van der Waals surface area contributed by atoms with Gasteiger partial charge in [0.25, 0.3) is 0 Å². The minimum absolute atomic E-state index is 0.00583. The molecule has 0 bridgehead atoms. The maximum Gasteiger partial charge on any atom is 0.315 e. The summed E-state index contributed by atoms with van der Waals surface area (Å²) in [5.74, 6) is 0. The summed E-state index contributed by atoms with van der Waals surface area (Å²) in [6.07, 6.45) is 9.60. The fraction of sp³-hybridized carbons (Fsp3) is 0.579. The van der Waals surface area contributed by atoms with Gasteiger partial charge in [-0.1, -0.05) is 36.7 Å². The molecule has 1 aliphatic carbocycles. The van der Waals surface area contributed by atoms with Crippen molar-refractivity contribution in [3.05, 3.63) is 24.4 Å². The summed E-state index contributed by atoms with van der Waals surface area (Å²) in [6, 6.07) is 6.38. The second-order valence-corrected chi connectivity index (χ2v) is 8.27. The highest BCUT2D eigenvalue weighted by Crippen LogP contribution is 2.29. The predicted molar refractivity (Wildman–Crippen MR) is 107 cm³/mol. The molecule has 4 rings (SSSR count). The summed E-state index contributed by atoms with van der Waals surface area (Å²) in [6.45, 7) is 1.76. The topological polar surface area (TPSA) is 83.0 Å². The van der Waals surface area contributed by atoms with E-state index in [1.807, 2.05) is 18.2 Å². The van der Waals surface area contributed by atoms with Gasteiger partial charge in [0.1, 0.15) is 5.69 Å². The van der Waals surface area contributed by atoms with E-state index in [-0.39, 0.29) is 12.1 Å². The van der Waals surface area contributed by atoms with Crippen molar-refractivity contribution in [2.24, 2.45) is 0 Å². The number of rotatable bonds is 4. The van der Waals surface area contributed by atoms with Crippen LogP contribution in [0.2, 0.25) is 0 Å². The zero-order valence-electron chi connectivity index (χ0n) is 15.4. The van der Waals surface area contributed by atoms with Gasteiger partial charge in [-0.2, -0.15) is 0 Å². The van der Waals surface area contributed by atoms with Crippen molar-refractivity contribution in [2.75, 3.05) is 18.0 Å². The number of aromatic nitrogens is 3. The number of pyridine rings is 1. The van der Waals surface area contributed by atoms with Crippen molar-refractivity contribution in [3.63, 3.8) is 0 Å². The molecule has 7 nitrogen and oxygen atoms in total. The van der Waals surface area contributed by atoms with Crippen LogP contribution in [0.1, 0.15) is 44.9 Å². The van der Waals surface area contributed by atoms with Gasteiger partial charge in [-0.15, -0.1) is 10.2 Å². The number of anilines is 1. The van der Waals surface area contributed by atoms with E-state index in [4.69, 9.17) is 0 Å². The molecule has 2 aromatic rings. The SMILES string of the molecule is O=C(NC1CCCCC1)NC1CCN(c2nnc(-c3ccccn3)s2)CC1. The molecule has 2 fully saturated rings. The number of piperidine rings is 1. The first-order valence-electron chi connectivity index (χ1n) is 9.85. The van der Waals surface area contributed by atoms with E-state index >= 15 is 0 Å². The van der Waals surface area contributed by atoms with Crippen LogP contribution >= 0.6 is 11.3 Å². The molecule has 1 aliphatic heterocycles. The van der Waals surface area contributed by atoms with Crippen LogP contribution in [0.25, 0.3) is 10.7 Å². The minimum Gasteiger partial charge on any atom is -0.346 e. The van der Waals surface area contributed by atoms with E-state index in [1.165, 1.54) is 19.3 Å². The molecule has 27 heavy (non-hydrogen) atoms. The molecule has 0 spiro atoms. The fourth-order valence-electron chi connectivity index (χ4n) is 3.81. The van der Waals surface area contributed by atoms with Crippen LogP contribution in [-0.4, -0.2) is 46.4 Å². The van der Waals surface area contributed by atoms with Gasteiger partial charge in [0.2, 0.25) is 5.13 Å². The van der Waals surface area contributed by atoms with Gasteiger partial charge in [-0.25, -0.2) is 4.79 Å². The highest BCUT2D eigenvalue weighted by Gasteiger charge is 2.24. The van der Waals surface area contributed by atoms with E-state index in [2.05, 4.69) is 30.7 Å². The highest BCUT2D eigenvalue weighted by molar-refractivity contribution is 7.18. The van der Waals surface area contributed by atoms with Gasteiger partial charge >= 0.3 is 6.03 Å². The zero-order valence-corrected chi connectivity index (χ0v) is 16.2. The Bertz CT molecular complexity index is 738. The molecule has 2 amide bonds. The van der Waals surface area contributed by atoms with Crippen molar-refractivity contribution in [1.29, 1.82) is 0 Å². The summed E-state index contributed by atoms with van der Waals surface area (Å²) < 4.78 is 0. The first-order chi connectivity index (χ1) is 13.3. The number of hydrogen-bond donors (Lipinski definition) is 2. The molecule has 0 aromatic carbocycles. The summed E-state index contributed by atoms with van der Waals surface area (Å²) >= 11 is 1.57. The van der Waals surface area contributed by atoms with Crippen LogP contribution in [-0.2, 0) is 0 Å². The van der Waals surface area contributed by atoms with E-state index in [0.717, 1.165) is 54.6 Å². The monoisotopic (exact) mass is 386 g/mol. The Hall–Kier alpha value is -2.22. The van der Waals surface area contributed by atoms with Gasteiger partial charge < -0.3 is 15.5 Å². The third-order valence-electron chi connectivity index (χ3n) is 5.34. The number of nitrogens with one attached hydrogen (secondary N) is 2. The number of carbonyl (C=O) groups excluding carboxylic acids is 1. The average Bonchev–Trinajstić information content (AvgIpc) is 3.20. The summed E-state index contributed by atoms with van der Waals surface area (Å²) in [4.78, 5) is 18.8. The Morgan fingerprint density at radius 1 is 1.00 bits per heavy atom. The van der Waals surface area contributed by atoms with Crippen LogP contribution in [0.4, 0.5) is 9.93 Å². The van der Waals surface area contributed by atoms with Crippen LogP contribution < -0.4 is 15.5 Å². The smallest absolute Gasteiger partial charge is 0.315 e. The van der Waals surface area contributed by atoms with Crippen molar-refractivity contribution in [2.45, 2.75) is 57.0 Å². The van der Waals surface area contributed by atoms with Crippen LogP contribution in [0.5, 0.6) is 0 Å². The lowest BCUT2D eigenvalue weighted by atomic mass is 9.96. The number of amides is 2. The van der Waals surface area contributed by atoms with Gasteiger partial charge in [-0.05, 0) is 37.8 Å². The third-order valence-corrected chi connectivity index (χ3v) is 6.35. The number of urea groups is 1. The lowest BCUT2D eigenvalue weighted by molar-refractivity contribution is 0.226. The lowest BCUT2D eigenvalue weighted by Crippen LogP contribution is -2.50. The largest absolute Gasteiger partial charge is 0.346 e. The number of nitrogens with zero attached hydrogens (tertiary/aromatic N) is 4. The van der Waals surface area contributed by atoms with Crippen molar-refractivity contribution in [3.8, 4) is 10.7 Å². The highest BCUT2D eigenvalue weighted by atomic mass is 32.1. The fourth-order valence-corrected chi connectivity index (χ4v) is 4.68. The van der Waals surface area contributed by atoms with Crippen LogP contribution in [0.15, 0.2) is 24.4 Å². The minimum atomic E-state index is -0.00583. The van der Waals surface area contributed by atoms with Crippen LogP contribution in [0, 0.1) is 0 Å². The Morgan fingerprint density at radius 2 is 1.74 bits per heavy atom. The van der Waals surface area contributed by atoms with Crippen LogP contribution in [0.3, 0.4) is 0 Å². The lowest BCUT2D eigenvalue weighted by Gasteiger charge is -2.32. The third kappa shape index (κ3) is 4.74. The first kappa shape index (κ1) is 18.2. The van der Waals surface area contributed by atoms with Gasteiger partial charge in [0, 0.05) is 31.4 Å². The predicted octanol–water partition coefficient (Wildman–Crippen LogP) is 3.20. The molecular weight excluding hydrogens is 360 g/mol. The molecule has 0 unspecified atom stereocenters. The molecule has 2 aliphatic rings. The number of hydrogen-bond acceptors (Lipinski definition) is 6. The summed E-state index contributed by atoms with van der Waals surface area (Å²) in [5.41, 5.74) is 0.859. The molecule has 3 heterocycles. The Balaban J connectivity index is 1.25. The molecule has 2 aromatic heterocycles. The van der Waals surface area contributed by atoms with Crippen molar-refractivity contribution >= 4 is 22.5 Å². The van der Waals surface area contributed by atoms with E-state index in [1.54, 1.807) is 17.5 Å². The Kier molecular flexibility index (Phi) is 5.81. The molecule has 1 saturated heterocycles. The number of carbonyl (C=O) groups is 1.